The van der Waals surface area contributed by atoms with Crippen LogP contribution in [-0.4, -0.2) is 31.3 Å². The highest BCUT2D eigenvalue weighted by molar-refractivity contribution is 5.66. The Kier molecular flexibility index (Phi) is 2.26. The lowest BCUT2D eigenvalue weighted by atomic mass is 9.49. The number of aliphatic carboxylic acids is 1. The van der Waals surface area contributed by atoms with E-state index in [-0.39, 0.29) is 12.0 Å². The van der Waals surface area contributed by atoms with Crippen LogP contribution < -0.4 is 0 Å². The second-order valence-corrected chi connectivity index (χ2v) is 6.74. The first kappa shape index (κ1) is 11.4. The van der Waals surface area contributed by atoms with Crippen LogP contribution in [0.1, 0.15) is 44.3 Å². The van der Waals surface area contributed by atoms with Gasteiger partial charge in [0.25, 0.3) is 0 Å². The first-order valence-corrected chi connectivity index (χ1v) is 7.13. The Morgan fingerprint density at radius 1 is 1.21 bits per heavy atom. The standard InChI is InChI=1S/C13H18N4O2/c18-11(19)7-17-15-12(14-16-17)13-4-8-1-9(5-13)3-10(2-8)6-13/h8-10H,1-7H2,(H,18,19). The van der Waals surface area contributed by atoms with Crippen molar-refractivity contribution in [2.24, 2.45) is 17.8 Å². The molecule has 6 heteroatoms. The molecule has 4 bridgehead atoms. The molecule has 0 atom stereocenters. The fraction of sp³-hybridized carbons (Fsp3) is 0.846. The van der Waals surface area contributed by atoms with Crippen LogP contribution in [0.2, 0.25) is 0 Å². The number of carbonyl (C=O) groups is 1. The number of nitrogens with zero attached hydrogens (tertiary/aromatic N) is 4. The zero-order valence-corrected chi connectivity index (χ0v) is 10.8. The molecule has 0 aromatic carbocycles. The first-order valence-electron chi connectivity index (χ1n) is 7.13. The smallest absolute Gasteiger partial charge is 0.327 e. The van der Waals surface area contributed by atoms with Gasteiger partial charge in [0, 0.05) is 5.41 Å². The summed E-state index contributed by atoms with van der Waals surface area (Å²) in [6.45, 7) is -0.195. The van der Waals surface area contributed by atoms with Crippen molar-refractivity contribution in [2.45, 2.75) is 50.5 Å². The van der Waals surface area contributed by atoms with Gasteiger partial charge in [-0.05, 0) is 61.5 Å². The van der Waals surface area contributed by atoms with E-state index in [2.05, 4.69) is 15.4 Å². The lowest BCUT2D eigenvalue weighted by molar-refractivity contribution is -0.138. The van der Waals surface area contributed by atoms with Crippen LogP contribution in [0.4, 0.5) is 0 Å². The maximum Gasteiger partial charge on any atom is 0.327 e. The SMILES string of the molecule is O=C(O)Cn1nnc(C23CC4CC(CC(C4)C2)C3)n1. The molecule has 0 saturated heterocycles. The van der Waals surface area contributed by atoms with Crippen molar-refractivity contribution in [2.75, 3.05) is 0 Å². The maximum absolute atomic E-state index is 10.7. The van der Waals surface area contributed by atoms with Crippen molar-refractivity contribution in [3.8, 4) is 0 Å². The third-order valence-electron chi connectivity index (χ3n) is 5.24. The summed E-state index contributed by atoms with van der Waals surface area (Å²) >= 11 is 0. The number of hydrogen-bond acceptors (Lipinski definition) is 4. The van der Waals surface area contributed by atoms with E-state index in [1.807, 2.05) is 0 Å². The summed E-state index contributed by atoms with van der Waals surface area (Å²) in [7, 11) is 0. The number of aromatic nitrogens is 4. The van der Waals surface area contributed by atoms with Gasteiger partial charge in [-0.3, -0.25) is 4.79 Å². The monoisotopic (exact) mass is 262 g/mol. The molecule has 1 heterocycles. The van der Waals surface area contributed by atoms with Gasteiger partial charge in [-0.1, -0.05) is 0 Å². The Bertz CT molecular complexity index is 489. The zero-order chi connectivity index (χ0) is 13.0. The van der Waals surface area contributed by atoms with Gasteiger partial charge in [-0.15, -0.1) is 10.2 Å². The van der Waals surface area contributed by atoms with Gasteiger partial charge in [0.05, 0.1) is 0 Å². The summed E-state index contributed by atoms with van der Waals surface area (Å²) in [4.78, 5) is 11.9. The van der Waals surface area contributed by atoms with Crippen LogP contribution in [-0.2, 0) is 16.8 Å². The fourth-order valence-electron chi connectivity index (χ4n) is 5.03. The van der Waals surface area contributed by atoms with Crippen LogP contribution in [0.25, 0.3) is 0 Å². The molecule has 1 N–H and O–H groups in total. The van der Waals surface area contributed by atoms with E-state index in [9.17, 15) is 4.79 Å². The Labute approximate surface area is 111 Å². The lowest BCUT2D eigenvalue weighted by Gasteiger charge is -2.55. The van der Waals surface area contributed by atoms with Crippen LogP contribution in [0.5, 0.6) is 0 Å². The van der Waals surface area contributed by atoms with E-state index in [0.717, 1.165) is 23.6 Å². The molecule has 0 spiro atoms. The second kappa shape index (κ2) is 3.77. The van der Waals surface area contributed by atoms with Gasteiger partial charge in [-0.2, -0.15) is 4.80 Å². The normalized spacial score (nSPS) is 39.7. The predicted molar refractivity (Wildman–Crippen MR) is 65.3 cm³/mol. The summed E-state index contributed by atoms with van der Waals surface area (Å²) in [5.74, 6) is 2.37. The molecule has 102 valence electrons. The Morgan fingerprint density at radius 3 is 2.32 bits per heavy atom. The third-order valence-corrected chi connectivity index (χ3v) is 5.24. The molecule has 1 aromatic heterocycles. The van der Waals surface area contributed by atoms with Gasteiger partial charge in [0.1, 0.15) is 0 Å². The van der Waals surface area contributed by atoms with Gasteiger partial charge in [0.2, 0.25) is 0 Å². The average Bonchev–Trinajstić information content (AvgIpc) is 2.75. The maximum atomic E-state index is 10.7. The highest BCUT2D eigenvalue weighted by Crippen LogP contribution is 2.59. The molecule has 1 aromatic rings. The summed E-state index contributed by atoms with van der Waals surface area (Å²) in [5, 5.41) is 21.2. The highest BCUT2D eigenvalue weighted by Gasteiger charge is 2.53. The molecule has 0 unspecified atom stereocenters. The molecule has 6 nitrogen and oxygen atoms in total. The molecule has 4 aliphatic carbocycles. The summed E-state index contributed by atoms with van der Waals surface area (Å²) < 4.78 is 0. The van der Waals surface area contributed by atoms with Crippen LogP contribution in [0, 0.1) is 17.8 Å². The van der Waals surface area contributed by atoms with Gasteiger partial charge >= 0.3 is 5.97 Å². The predicted octanol–water partition coefficient (Wildman–Crippen LogP) is 1.23. The minimum absolute atomic E-state index is 0.103. The third kappa shape index (κ3) is 1.76. The minimum Gasteiger partial charge on any atom is -0.480 e. The van der Waals surface area contributed by atoms with Crippen molar-refractivity contribution in [1.29, 1.82) is 0 Å². The number of tetrazole rings is 1. The van der Waals surface area contributed by atoms with Crippen LogP contribution in [0.3, 0.4) is 0 Å². The largest absolute Gasteiger partial charge is 0.480 e. The fourth-order valence-corrected chi connectivity index (χ4v) is 5.03. The van der Waals surface area contributed by atoms with Crippen molar-refractivity contribution in [3.63, 3.8) is 0 Å². The van der Waals surface area contributed by atoms with E-state index in [1.165, 1.54) is 43.3 Å². The van der Waals surface area contributed by atoms with E-state index in [4.69, 9.17) is 5.11 Å². The second-order valence-electron chi connectivity index (χ2n) is 6.74. The molecule has 19 heavy (non-hydrogen) atoms. The molecule has 5 rings (SSSR count). The molecule has 4 fully saturated rings. The number of carboxylic acids is 1. The lowest BCUT2D eigenvalue weighted by Crippen LogP contribution is -2.49. The van der Waals surface area contributed by atoms with Crippen molar-refractivity contribution >= 4 is 5.97 Å². The average molecular weight is 262 g/mol. The van der Waals surface area contributed by atoms with Crippen molar-refractivity contribution in [3.05, 3.63) is 5.82 Å². The molecular formula is C13H18N4O2. The highest BCUT2D eigenvalue weighted by atomic mass is 16.4. The molecule has 0 amide bonds. The molecule has 0 aliphatic heterocycles. The van der Waals surface area contributed by atoms with Crippen molar-refractivity contribution in [1.82, 2.24) is 20.2 Å². The van der Waals surface area contributed by atoms with E-state index >= 15 is 0 Å². The van der Waals surface area contributed by atoms with Gasteiger partial charge in [-0.25, -0.2) is 0 Å². The Balaban J connectivity index is 1.64. The zero-order valence-electron chi connectivity index (χ0n) is 10.8. The number of rotatable bonds is 3. The van der Waals surface area contributed by atoms with Crippen LogP contribution >= 0.6 is 0 Å². The van der Waals surface area contributed by atoms with E-state index < -0.39 is 5.97 Å². The van der Waals surface area contributed by atoms with Crippen molar-refractivity contribution < 1.29 is 9.90 Å². The summed E-state index contributed by atoms with van der Waals surface area (Å²) in [6.07, 6.45) is 7.67. The van der Waals surface area contributed by atoms with Gasteiger partial charge in [0.15, 0.2) is 12.4 Å². The van der Waals surface area contributed by atoms with E-state index in [0.29, 0.717) is 0 Å². The topological polar surface area (TPSA) is 80.9 Å². The number of hydrogen-bond donors (Lipinski definition) is 1. The quantitative estimate of drug-likeness (QED) is 0.886. The van der Waals surface area contributed by atoms with E-state index in [1.54, 1.807) is 0 Å². The minimum atomic E-state index is -0.922. The Hall–Kier alpha value is -1.46. The number of carboxylic acid groups (broad SMARTS) is 1. The summed E-state index contributed by atoms with van der Waals surface area (Å²) in [6, 6.07) is 0. The van der Waals surface area contributed by atoms with Gasteiger partial charge < -0.3 is 5.11 Å². The molecule has 4 aliphatic rings. The molecular weight excluding hydrogens is 244 g/mol. The van der Waals surface area contributed by atoms with Crippen LogP contribution in [0.15, 0.2) is 0 Å². The molecule has 0 radical (unpaired) electrons. The molecule has 4 saturated carbocycles. The first-order chi connectivity index (χ1) is 9.13. The Morgan fingerprint density at radius 2 is 1.79 bits per heavy atom. The summed E-state index contributed by atoms with van der Waals surface area (Å²) in [5.41, 5.74) is 0.103.